The van der Waals surface area contributed by atoms with Gasteiger partial charge in [0.05, 0.1) is 5.69 Å². The van der Waals surface area contributed by atoms with E-state index in [4.69, 9.17) is 4.74 Å². The second-order valence-corrected chi connectivity index (χ2v) is 6.88. The minimum Gasteiger partial charge on any atom is -0.484 e. The Hall–Kier alpha value is -4.44. The van der Waals surface area contributed by atoms with Crippen molar-refractivity contribution in [2.24, 2.45) is 0 Å². The summed E-state index contributed by atoms with van der Waals surface area (Å²) >= 11 is 0. The predicted molar refractivity (Wildman–Crippen MR) is 120 cm³/mol. The zero-order valence-electron chi connectivity index (χ0n) is 17.3. The number of nitrogens with one attached hydrogen (secondary N) is 2. The second-order valence-electron chi connectivity index (χ2n) is 6.88. The number of nitriles is 1. The van der Waals surface area contributed by atoms with E-state index in [1.54, 1.807) is 42.5 Å². The summed E-state index contributed by atoms with van der Waals surface area (Å²) in [5, 5.41) is 14.5. The van der Waals surface area contributed by atoms with Gasteiger partial charge >= 0.3 is 0 Å². The molecule has 3 rings (SSSR count). The molecule has 3 aromatic rings. The topological polar surface area (TPSA) is 91.2 Å². The minimum atomic E-state index is -0.531. The van der Waals surface area contributed by atoms with Gasteiger partial charge in [0.2, 0.25) is 0 Å². The first kappa shape index (κ1) is 22.2. The van der Waals surface area contributed by atoms with Gasteiger partial charge in [-0.05, 0) is 55.0 Å². The maximum Gasteiger partial charge on any atom is 0.266 e. The van der Waals surface area contributed by atoms with Gasteiger partial charge in [-0.2, -0.15) is 5.26 Å². The molecule has 0 aliphatic rings. The van der Waals surface area contributed by atoms with Crippen molar-refractivity contribution in [2.45, 2.75) is 6.92 Å². The first-order chi connectivity index (χ1) is 15.4. The van der Waals surface area contributed by atoms with Gasteiger partial charge in [-0.3, -0.25) is 9.59 Å². The Kier molecular flexibility index (Phi) is 7.33. The Bertz CT molecular complexity index is 1180. The molecule has 32 heavy (non-hydrogen) atoms. The van der Waals surface area contributed by atoms with E-state index in [9.17, 15) is 19.2 Å². The molecule has 0 aliphatic heterocycles. The molecule has 2 amide bonds. The van der Waals surface area contributed by atoms with Gasteiger partial charge in [-0.25, -0.2) is 4.39 Å². The monoisotopic (exact) mass is 429 g/mol. The van der Waals surface area contributed by atoms with Crippen LogP contribution in [0.1, 0.15) is 11.1 Å². The van der Waals surface area contributed by atoms with Crippen LogP contribution < -0.4 is 15.4 Å². The molecule has 0 saturated carbocycles. The summed E-state index contributed by atoms with van der Waals surface area (Å²) in [6.07, 6.45) is 1.46. The van der Waals surface area contributed by atoms with Gasteiger partial charge in [-0.1, -0.05) is 42.0 Å². The maximum absolute atomic E-state index is 13.6. The average molecular weight is 429 g/mol. The summed E-state index contributed by atoms with van der Waals surface area (Å²) < 4.78 is 19.0. The van der Waals surface area contributed by atoms with Crippen LogP contribution in [0, 0.1) is 24.1 Å². The molecule has 0 heterocycles. The van der Waals surface area contributed by atoms with Crippen molar-refractivity contribution in [1.82, 2.24) is 0 Å². The number of carbonyl (C=O) groups excluding carboxylic acids is 2. The molecular formula is C25H20FN3O3. The average Bonchev–Trinajstić information content (AvgIpc) is 2.80. The van der Waals surface area contributed by atoms with E-state index >= 15 is 0 Å². The molecule has 6 nitrogen and oxygen atoms in total. The van der Waals surface area contributed by atoms with Crippen molar-refractivity contribution in [3.05, 3.63) is 95.3 Å². The van der Waals surface area contributed by atoms with Gasteiger partial charge < -0.3 is 15.4 Å². The van der Waals surface area contributed by atoms with Crippen LogP contribution in [-0.4, -0.2) is 18.4 Å². The molecule has 0 spiro atoms. The molecular weight excluding hydrogens is 409 g/mol. The minimum absolute atomic E-state index is 0.0523. The van der Waals surface area contributed by atoms with E-state index in [2.05, 4.69) is 10.6 Å². The number of anilines is 2. The lowest BCUT2D eigenvalue weighted by molar-refractivity contribution is -0.118. The maximum atomic E-state index is 13.6. The Labute approximate surface area is 185 Å². The molecule has 0 aliphatic carbocycles. The van der Waals surface area contributed by atoms with Crippen molar-refractivity contribution in [3.63, 3.8) is 0 Å². The third-order valence-electron chi connectivity index (χ3n) is 4.38. The molecule has 0 unspecified atom stereocenters. The molecule has 0 aromatic heterocycles. The fourth-order valence-electron chi connectivity index (χ4n) is 2.71. The number of rotatable bonds is 7. The zero-order valence-corrected chi connectivity index (χ0v) is 17.3. The third kappa shape index (κ3) is 6.28. The molecule has 3 aromatic carbocycles. The number of amides is 2. The van der Waals surface area contributed by atoms with Crippen molar-refractivity contribution in [3.8, 4) is 11.8 Å². The van der Waals surface area contributed by atoms with E-state index in [1.165, 1.54) is 24.3 Å². The molecule has 7 heteroatoms. The molecule has 0 radical (unpaired) electrons. The summed E-state index contributed by atoms with van der Waals surface area (Å²) in [7, 11) is 0. The summed E-state index contributed by atoms with van der Waals surface area (Å²) in [5.74, 6) is -1.13. The van der Waals surface area contributed by atoms with Crippen molar-refractivity contribution in [1.29, 1.82) is 5.26 Å². The predicted octanol–water partition coefficient (Wildman–Crippen LogP) is 4.70. The standard InChI is InChI=1S/C25H20FN3O3/c1-17-6-10-20(11-7-17)28-25(31)19(15-27)14-18-8-12-21(13-9-18)32-16-24(30)29-23-5-3-2-4-22(23)26/h2-14H,16H2,1H3,(H,28,31)(H,29,30)/b19-14-. The van der Waals surface area contributed by atoms with Gasteiger partial charge in [-0.15, -0.1) is 0 Å². The van der Waals surface area contributed by atoms with Crippen LogP contribution in [0.4, 0.5) is 15.8 Å². The number of hydrogen-bond donors (Lipinski definition) is 2. The van der Waals surface area contributed by atoms with Crippen LogP contribution in [0.3, 0.4) is 0 Å². The molecule has 0 atom stereocenters. The first-order valence-electron chi connectivity index (χ1n) is 9.71. The van der Waals surface area contributed by atoms with E-state index < -0.39 is 17.6 Å². The van der Waals surface area contributed by atoms with Gasteiger partial charge in [0.1, 0.15) is 23.2 Å². The van der Waals surface area contributed by atoms with Gasteiger partial charge in [0.25, 0.3) is 11.8 Å². The highest BCUT2D eigenvalue weighted by molar-refractivity contribution is 6.09. The fourth-order valence-corrected chi connectivity index (χ4v) is 2.71. The zero-order chi connectivity index (χ0) is 22.9. The smallest absolute Gasteiger partial charge is 0.266 e. The lowest BCUT2D eigenvalue weighted by atomic mass is 10.1. The van der Waals surface area contributed by atoms with E-state index in [0.717, 1.165) is 5.56 Å². The van der Waals surface area contributed by atoms with Gasteiger partial charge in [0, 0.05) is 5.69 Å². The van der Waals surface area contributed by atoms with E-state index in [-0.39, 0.29) is 17.9 Å². The quantitative estimate of drug-likeness (QED) is 0.421. The molecule has 0 fully saturated rings. The Morgan fingerprint density at radius 1 is 1.00 bits per heavy atom. The lowest BCUT2D eigenvalue weighted by Gasteiger charge is -2.08. The van der Waals surface area contributed by atoms with Crippen LogP contribution >= 0.6 is 0 Å². The van der Waals surface area contributed by atoms with Crippen LogP contribution in [0.2, 0.25) is 0 Å². The van der Waals surface area contributed by atoms with Gasteiger partial charge in [0.15, 0.2) is 6.61 Å². The molecule has 160 valence electrons. The van der Waals surface area contributed by atoms with Crippen LogP contribution in [0.25, 0.3) is 6.08 Å². The van der Waals surface area contributed by atoms with Crippen LogP contribution in [0.15, 0.2) is 78.4 Å². The molecule has 0 saturated heterocycles. The number of hydrogen-bond acceptors (Lipinski definition) is 4. The largest absolute Gasteiger partial charge is 0.484 e. The van der Waals surface area contributed by atoms with E-state index in [0.29, 0.717) is 17.0 Å². The van der Waals surface area contributed by atoms with Crippen molar-refractivity contribution in [2.75, 3.05) is 17.2 Å². The number of ether oxygens (including phenoxy) is 1. The summed E-state index contributed by atoms with van der Waals surface area (Å²) in [6, 6.07) is 21.5. The Morgan fingerprint density at radius 2 is 1.69 bits per heavy atom. The number of aryl methyl sites for hydroxylation is 1. The Balaban J connectivity index is 1.57. The van der Waals surface area contributed by atoms with E-state index in [1.807, 2.05) is 25.1 Å². The summed E-state index contributed by atoms with van der Waals surface area (Å²) in [6.45, 7) is 1.64. The third-order valence-corrected chi connectivity index (χ3v) is 4.38. The van der Waals surface area contributed by atoms with Crippen molar-refractivity contribution >= 4 is 29.3 Å². The number of nitrogens with zero attached hydrogens (tertiary/aromatic N) is 1. The Morgan fingerprint density at radius 3 is 2.34 bits per heavy atom. The number of para-hydroxylation sites is 1. The number of benzene rings is 3. The molecule has 0 bridgehead atoms. The lowest BCUT2D eigenvalue weighted by Crippen LogP contribution is -2.20. The highest BCUT2D eigenvalue weighted by Gasteiger charge is 2.10. The second kappa shape index (κ2) is 10.5. The van der Waals surface area contributed by atoms with Crippen LogP contribution in [0.5, 0.6) is 5.75 Å². The highest BCUT2D eigenvalue weighted by Crippen LogP contribution is 2.17. The van der Waals surface area contributed by atoms with Crippen molar-refractivity contribution < 1.29 is 18.7 Å². The first-order valence-corrected chi connectivity index (χ1v) is 9.71. The normalized spacial score (nSPS) is 10.7. The summed E-state index contributed by atoms with van der Waals surface area (Å²) in [5.41, 5.74) is 2.30. The number of halogens is 1. The highest BCUT2D eigenvalue weighted by atomic mass is 19.1. The SMILES string of the molecule is Cc1ccc(NC(=O)/C(C#N)=C\c2ccc(OCC(=O)Nc3ccccc3F)cc2)cc1. The molecule has 2 N–H and O–H groups in total. The fraction of sp³-hybridized carbons (Fsp3) is 0.0800. The number of carbonyl (C=O) groups is 2. The van der Waals surface area contributed by atoms with Crippen LogP contribution in [-0.2, 0) is 9.59 Å². The summed E-state index contributed by atoms with van der Waals surface area (Å²) in [4.78, 5) is 24.3.